The Morgan fingerprint density at radius 1 is 1.40 bits per heavy atom. The van der Waals surface area contributed by atoms with Crippen molar-refractivity contribution in [2.24, 2.45) is 5.92 Å². The van der Waals surface area contributed by atoms with Crippen LogP contribution in [0.25, 0.3) is 11.4 Å². The smallest absolute Gasteiger partial charge is 0.264 e. The first-order valence-corrected chi connectivity index (χ1v) is 9.47. The number of nitrogens with zero attached hydrogens (tertiary/aromatic N) is 4. The highest BCUT2D eigenvalue weighted by atomic mass is 32.1. The molecular weight excluding hydrogens is 336 g/mol. The maximum atomic E-state index is 12.7. The van der Waals surface area contributed by atoms with Crippen LogP contribution in [0.1, 0.15) is 33.8 Å². The van der Waals surface area contributed by atoms with Gasteiger partial charge in [0.1, 0.15) is 17.7 Å². The van der Waals surface area contributed by atoms with Gasteiger partial charge in [0.05, 0.1) is 11.4 Å². The number of thiophene rings is 1. The van der Waals surface area contributed by atoms with Crippen molar-refractivity contribution in [2.45, 2.75) is 32.4 Å². The summed E-state index contributed by atoms with van der Waals surface area (Å²) in [5.41, 5.74) is 3.97. The highest BCUT2D eigenvalue weighted by Gasteiger charge is 2.31. The van der Waals surface area contributed by atoms with Crippen LogP contribution in [0.5, 0.6) is 0 Å². The molecule has 1 saturated carbocycles. The molecule has 0 N–H and O–H groups in total. The molecule has 3 aromatic rings. The van der Waals surface area contributed by atoms with Crippen LogP contribution in [-0.4, -0.2) is 32.1 Å². The number of amides is 1. The molecule has 6 nitrogen and oxygen atoms in total. The molecule has 7 heteroatoms. The lowest BCUT2D eigenvalue weighted by molar-refractivity contribution is 0.0738. The molecule has 1 aliphatic heterocycles. The Bertz CT molecular complexity index is 894. The minimum Gasteiger partial charge on any atom is -0.451 e. The van der Waals surface area contributed by atoms with Crippen molar-refractivity contribution in [3.05, 3.63) is 46.3 Å². The fraction of sp³-hybridized carbons (Fsp3) is 0.389. The van der Waals surface area contributed by atoms with Gasteiger partial charge in [-0.15, -0.1) is 11.3 Å². The second-order valence-corrected chi connectivity index (χ2v) is 7.67. The Kier molecular flexibility index (Phi) is 3.48. The third kappa shape index (κ3) is 2.68. The molecule has 0 radical (unpaired) electrons. The second kappa shape index (κ2) is 5.84. The predicted molar refractivity (Wildman–Crippen MR) is 93.2 cm³/mol. The van der Waals surface area contributed by atoms with Crippen LogP contribution in [0.4, 0.5) is 0 Å². The first-order chi connectivity index (χ1) is 12.3. The van der Waals surface area contributed by atoms with Gasteiger partial charge < -0.3 is 9.32 Å². The molecule has 0 saturated heterocycles. The molecule has 1 aliphatic carbocycles. The minimum absolute atomic E-state index is 0.0988. The van der Waals surface area contributed by atoms with Crippen molar-refractivity contribution in [3.8, 4) is 11.4 Å². The van der Waals surface area contributed by atoms with E-state index in [1.54, 1.807) is 6.26 Å². The van der Waals surface area contributed by atoms with Crippen molar-refractivity contribution >= 4 is 17.2 Å². The van der Waals surface area contributed by atoms with Crippen LogP contribution in [0.15, 0.2) is 34.6 Å². The topological polar surface area (TPSA) is 64.2 Å². The number of carbonyl (C=O) groups excluding carboxylic acids is 1. The maximum absolute atomic E-state index is 12.7. The lowest BCUT2D eigenvalue weighted by atomic mass is 10.0. The minimum atomic E-state index is 0.0988. The van der Waals surface area contributed by atoms with Gasteiger partial charge >= 0.3 is 0 Å². The summed E-state index contributed by atoms with van der Waals surface area (Å²) in [5, 5.41) is 6.77. The van der Waals surface area contributed by atoms with E-state index in [2.05, 4.69) is 9.67 Å². The van der Waals surface area contributed by atoms with Gasteiger partial charge in [-0.25, -0.2) is 4.98 Å². The van der Waals surface area contributed by atoms with Gasteiger partial charge in [-0.3, -0.25) is 9.48 Å². The number of hydrogen-bond donors (Lipinski definition) is 0. The molecule has 0 spiro atoms. The van der Waals surface area contributed by atoms with Gasteiger partial charge in [0.25, 0.3) is 5.91 Å². The zero-order chi connectivity index (χ0) is 16.8. The summed E-state index contributed by atoms with van der Waals surface area (Å²) >= 11 is 1.49. The molecule has 3 aromatic heterocycles. The Labute approximate surface area is 149 Å². The van der Waals surface area contributed by atoms with Crippen molar-refractivity contribution in [2.75, 3.05) is 6.54 Å². The molecule has 2 aliphatic rings. The summed E-state index contributed by atoms with van der Waals surface area (Å²) in [7, 11) is 0. The fourth-order valence-corrected chi connectivity index (χ4v) is 4.14. The van der Waals surface area contributed by atoms with E-state index in [-0.39, 0.29) is 5.91 Å². The van der Waals surface area contributed by atoms with Crippen molar-refractivity contribution in [1.82, 2.24) is 19.7 Å². The van der Waals surface area contributed by atoms with E-state index in [4.69, 9.17) is 9.52 Å². The second-order valence-electron chi connectivity index (χ2n) is 6.73. The lowest BCUT2D eigenvalue weighted by Crippen LogP contribution is -2.36. The largest absolute Gasteiger partial charge is 0.451 e. The zero-order valence-corrected chi connectivity index (χ0v) is 14.5. The number of hydrogen-bond acceptors (Lipinski definition) is 5. The van der Waals surface area contributed by atoms with Gasteiger partial charge in [-0.05, 0) is 30.2 Å². The first-order valence-electron chi connectivity index (χ1n) is 8.59. The Hall–Kier alpha value is -2.41. The molecule has 0 bridgehead atoms. The molecule has 128 valence electrons. The van der Waals surface area contributed by atoms with Crippen LogP contribution < -0.4 is 0 Å². The monoisotopic (exact) mass is 354 g/mol. The van der Waals surface area contributed by atoms with E-state index in [0.717, 1.165) is 47.3 Å². The molecule has 1 fully saturated rings. The molecular formula is C18H18N4O2S. The summed E-state index contributed by atoms with van der Waals surface area (Å²) in [6.45, 7) is 2.29. The highest BCUT2D eigenvalue weighted by Crippen LogP contribution is 2.35. The predicted octanol–water partition coefficient (Wildman–Crippen LogP) is 3.21. The van der Waals surface area contributed by atoms with Crippen LogP contribution in [-0.2, 0) is 19.5 Å². The van der Waals surface area contributed by atoms with Crippen LogP contribution in [0.3, 0.4) is 0 Å². The van der Waals surface area contributed by atoms with Crippen LogP contribution in [0.2, 0.25) is 0 Å². The third-order valence-electron chi connectivity index (χ3n) is 4.96. The first kappa shape index (κ1) is 14.9. The highest BCUT2D eigenvalue weighted by molar-refractivity contribution is 7.12. The standard InChI is InChI=1S/C18H18N4O2S/c23-18(16-2-1-7-25-16)21-6-5-15-13(9-21)17(14-10-24-11-19-14)20-22(15)8-12-3-4-12/h1-2,7,10-12H,3-6,8-9H2. The summed E-state index contributed by atoms with van der Waals surface area (Å²) in [5.74, 6) is 0.849. The molecule has 0 aromatic carbocycles. The number of fused-ring (bicyclic) bond motifs is 1. The molecule has 0 atom stereocenters. The average molecular weight is 354 g/mol. The van der Waals surface area contributed by atoms with Crippen LogP contribution in [0, 0.1) is 5.92 Å². The molecule has 1 amide bonds. The number of aromatic nitrogens is 3. The molecule has 4 heterocycles. The summed E-state index contributed by atoms with van der Waals surface area (Å²) in [6.07, 6.45) is 6.47. The molecule has 5 rings (SSSR count). The van der Waals surface area contributed by atoms with E-state index in [0.29, 0.717) is 6.54 Å². The number of oxazole rings is 1. The zero-order valence-electron chi connectivity index (χ0n) is 13.7. The Morgan fingerprint density at radius 3 is 3.04 bits per heavy atom. The Balaban J connectivity index is 1.50. The Morgan fingerprint density at radius 2 is 2.32 bits per heavy atom. The van der Waals surface area contributed by atoms with Crippen molar-refractivity contribution < 1.29 is 9.21 Å². The van der Waals surface area contributed by atoms with Gasteiger partial charge in [0, 0.05) is 30.8 Å². The molecule has 25 heavy (non-hydrogen) atoms. The van der Waals surface area contributed by atoms with Gasteiger partial charge in [-0.2, -0.15) is 5.10 Å². The number of rotatable bonds is 4. The lowest BCUT2D eigenvalue weighted by Gasteiger charge is -2.27. The number of carbonyl (C=O) groups is 1. The van der Waals surface area contributed by atoms with E-state index in [9.17, 15) is 4.79 Å². The quantitative estimate of drug-likeness (QED) is 0.722. The van der Waals surface area contributed by atoms with Crippen molar-refractivity contribution in [1.29, 1.82) is 0 Å². The fourth-order valence-electron chi connectivity index (χ4n) is 3.45. The van der Waals surface area contributed by atoms with Gasteiger partial charge in [0.2, 0.25) is 0 Å². The summed E-state index contributed by atoms with van der Waals surface area (Å²) in [6, 6.07) is 3.80. The average Bonchev–Trinajstić information content (AvgIpc) is 3.08. The van der Waals surface area contributed by atoms with E-state index < -0.39 is 0 Å². The van der Waals surface area contributed by atoms with E-state index in [1.165, 1.54) is 36.3 Å². The van der Waals surface area contributed by atoms with Gasteiger partial charge in [0.15, 0.2) is 6.39 Å². The normalized spacial score (nSPS) is 16.9. The van der Waals surface area contributed by atoms with E-state index >= 15 is 0 Å². The van der Waals surface area contributed by atoms with Crippen molar-refractivity contribution in [3.63, 3.8) is 0 Å². The molecule has 0 unspecified atom stereocenters. The van der Waals surface area contributed by atoms with Crippen LogP contribution >= 0.6 is 11.3 Å². The van der Waals surface area contributed by atoms with E-state index in [1.807, 2.05) is 22.4 Å². The van der Waals surface area contributed by atoms with Gasteiger partial charge in [-0.1, -0.05) is 6.07 Å². The maximum Gasteiger partial charge on any atom is 0.264 e. The summed E-state index contributed by atoms with van der Waals surface area (Å²) < 4.78 is 7.30. The third-order valence-corrected chi connectivity index (χ3v) is 5.81. The summed E-state index contributed by atoms with van der Waals surface area (Å²) in [4.78, 5) is 19.7. The SMILES string of the molecule is O=C(c1cccs1)N1CCc2c(c(-c3cocn3)nn2CC2CC2)C1.